The number of hydrogen-bond donors (Lipinski definition) is 3. The number of nitrogens with one attached hydrogen (secondary N) is 3. The number of aromatic nitrogens is 3. The lowest BCUT2D eigenvalue weighted by atomic mass is 10.1. The van der Waals surface area contributed by atoms with Crippen molar-refractivity contribution in [2.24, 2.45) is 4.99 Å². The van der Waals surface area contributed by atoms with E-state index in [2.05, 4.69) is 44.9 Å². The molecule has 0 aliphatic carbocycles. The fraction of sp³-hybridized carbons (Fsp3) is 0.789. The maximum absolute atomic E-state index is 11.9. The van der Waals surface area contributed by atoms with E-state index in [1.54, 1.807) is 12.7 Å². The molecule has 10 heteroatoms. The maximum Gasteiger partial charge on any atom is 0.234 e. The number of piperidine rings is 1. The van der Waals surface area contributed by atoms with Gasteiger partial charge < -0.3 is 20.5 Å². The summed E-state index contributed by atoms with van der Waals surface area (Å²) in [6, 6.07) is 0.407. The molecule has 0 bridgehead atoms. The second kappa shape index (κ2) is 15.4. The lowest BCUT2D eigenvalue weighted by molar-refractivity contribution is -0.122. The number of aliphatic imine (C=N–C) groups is 1. The van der Waals surface area contributed by atoms with Crippen LogP contribution >= 0.6 is 24.0 Å². The Bertz CT molecular complexity index is 573. The zero-order valence-electron chi connectivity index (χ0n) is 17.8. The lowest BCUT2D eigenvalue weighted by Gasteiger charge is -2.32. The van der Waals surface area contributed by atoms with Crippen LogP contribution in [0, 0.1) is 0 Å². The summed E-state index contributed by atoms with van der Waals surface area (Å²) in [5.74, 6) is 1.03. The molecule has 166 valence electrons. The minimum absolute atomic E-state index is 0. The van der Waals surface area contributed by atoms with Gasteiger partial charge in [0.25, 0.3) is 0 Å². The van der Waals surface area contributed by atoms with Crippen LogP contribution in [-0.4, -0.2) is 76.8 Å². The van der Waals surface area contributed by atoms with Gasteiger partial charge in [0.1, 0.15) is 12.7 Å². The average molecular weight is 520 g/mol. The van der Waals surface area contributed by atoms with Gasteiger partial charge in [-0.3, -0.25) is 14.7 Å². The van der Waals surface area contributed by atoms with Crippen molar-refractivity contribution in [3.05, 3.63) is 12.7 Å². The highest BCUT2D eigenvalue weighted by Crippen LogP contribution is 2.10. The highest BCUT2D eigenvalue weighted by molar-refractivity contribution is 14.0. The predicted octanol–water partition coefficient (Wildman–Crippen LogP) is 1.22. The van der Waals surface area contributed by atoms with Crippen molar-refractivity contribution in [2.75, 3.05) is 39.3 Å². The number of guanidine groups is 1. The van der Waals surface area contributed by atoms with Crippen molar-refractivity contribution < 1.29 is 4.79 Å². The molecule has 0 unspecified atom stereocenters. The molecule has 0 radical (unpaired) electrons. The molecule has 1 fully saturated rings. The summed E-state index contributed by atoms with van der Waals surface area (Å²) in [6.07, 6.45) is 8.60. The molecule has 0 atom stereocenters. The molecule has 3 N–H and O–H groups in total. The molecule has 0 aromatic carbocycles. The van der Waals surface area contributed by atoms with Gasteiger partial charge in [-0.2, -0.15) is 0 Å². The number of carbonyl (C=O) groups excluding carboxylic acids is 1. The number of carbonyl (C=O) groups is 1. The highest BCUT2D eigenvalue weighted by Gasteiger charge is 2.21. The number of amides is 1. The van der Waals surface area contributed by atoms with E-state index >= 15 is 0 Å². The van der Waals surface area contributed by atoms with E-state index < -0.39 is 0 Å². The van der Waals surface area contributed by atoms with Crippen LogP contribution in [0.4, 0.5) is 0 Å². The molecule has 2 heterocycles. The highest BCUT2D eigenvalue weighted by atomic mass is 127. The van der Waals surface area contributed by atoms with Crippen LogP contribution in [0.2, 0.25) is 0 Å². The third-order valence-electron chi connectivity index (χ3n) is 4.77. The smallest absolute Gasteiger partial charge is 0.234 e. The molecule has 1 aliphatic heterocycles. The quantitative estimate of drug-likeness (QED) is 0.176. The summed E-state index contributed by atoms with van der Waals surface area (Å²) in [4.78, 5) is 18.8. The fourth-order valence-corrected chi connectivity index (χ4v) is 3.21. The normalized spacial score (nSPS) is 15.6. The van der Waals surface area contributed by atoms with Gasteiger partial charge in [-0.1, -0.05) is 6.92 Å². The van der Waals surface area contributed by atoms with E-state index in [-0.39, 0.29) is 29.9 Å². The summed E-state index contributed by atoms with van der Waals surface area (Å²) in [5.41, 5.74) is 0. The Morgan fingerprint density at radius 1 is 1.14 bits per heavy atom. The van der Waals surface area contributed by atoms with Gasteiger partial charge in [0.15, 0.2) is 5.96 Å². The summed E-state index contributed by atoms with van der Waals surface area (Å²) < 4.78 is 1.99. The number of nitrogens with zero attached hydrogens (tertiary/aromatic N) is 5. The van der Waals surface area contributed by atoms with Crippen molar-refractivity contribution in [3.8, 4) is 0 Å². The van der Waals surface area contributed by atoms with Crippen LogP contribution in [-0.2, 0) is 11.3 Å². The van der Waals surface area contributed by atoms with E-state index in [9.17, 15) is 4.79 Å². The van der Waals surface area contributed by atoms with Crippen LogP contribution in [0.1, 0.15) is 46.0 Å². The Balaban J connectivity index is 0.00000420. The molecule has 9 nitrogen and oxygen atoms in total. The second-order valence-corrected chi connectivity index (χ2v) is 7.21. The zero-order valence-corrected chi connectivity index (χ0v) is 20.1. The van der Waals surface area contributed by atoms with Crippen LogP contribution in [0.5, 0.6) is 0 Å². The summed E-state index contributed by atoms with van der Waals surface area (Å²) in [7, 11) is 0. The molecular formula is C19H37IN8O. The van der Waals surface area contributed by atoms with Gasteiger partial charge in [-0.25, -0.2) is 0 Å². The number of aryl methyl sites for hydroxylation is 1. The van der Waals surface area contributed by atoms with Crippen molar-refractivity contribution in [1.29, 1.82) is 0 Å². The van der Waals surface area contributed by atoms with Gasteiger partial charge in [0.2, 0.25) is 5.91 Å². The Morgan fingerprint density at radius 3 is 2.52 bits per heavy atom. The summed E-state index contributed by atoms with van der Waals surface area (Å²) in [6.45, 7) is 9.88. The number of unbranched alkanes of at least 4 members (excludes halogenated alkanes) is 1. The third-order valence-corrected chi connectivity index (χ3v) is 4.77. The van der Waals surface area contributed by atoms with Crippen LogP contribution in [0.25, 0.3) is 0 Å². The van der Waals surface area contributed by atoms with E-state index in [0.29, 0.717) is 12.6 Å². The average Bonchev–Trinajstić information content (AvgIpc) is 3.21. The lowest BCUT2D eigenvalue weighted by Crippen LogP contribution is -2.50. The van der Waals surface area contributed by atoms with Crippen molar-refractivity contribution in [1.82, 2.24) is 35.6 Å². The van der Waals surface area contributed by atoms with Gasteiger partial charge >= 0.3 is 0 Å². The predicted molar refractivity (Wildman–Crippen MR) is 127 cm³/mol. The topological polar surface area (TPSA) is 99.5 Å². The third kappa shape index (κ3) is 10.8. The summed E-state index contributed by atoms with van der Waals surface area (Å²) >= 11 is 0. The molecule has 1 aromatic heterocycles. The Kier molecular flexibility index (Phi) is 13.6. The second-order valence-electron chi connectivity index (χ2n) is 7.21. The minimum Gasteiger partial charge on any atom is -0.357 e. The first-order valence-electron chi connectivity index (χ1n) is 10.6. The van der Waals surface area contributed by atoms with E-state index in [0.717, 1.165) is 77.3 Å². The zero-order chi connectivity index (χ0) is 20.0. The van der Waals surface area contributed by atoms with Crippen molar-refractivity contribution >= 4 is 35.8 Å². The van der Waals surface area contributed by atoms with Crippen LogP contribution < -0.4 is 16.0 Å². The molecule has 0 spiro atoms. The molecular weight excluding hydrogens is 483 g/mol. The van der Waals surface area contributed by atoms with Crippen molar-refractivity contribution in [2.45, 2.75) is 58.5 Å². The van der Waals surface area contributed by atoms with Gasteiger partial charge in [0, 0.05) is 45.3 Å². The first kappa shape index (κ1) is 25.6. The first-order valence-corrected chi connectivity index (χ1v) is 10.6. The Labute approximate surface area is 191 Å². The summed E-state index contributed by atoms with van der Waals surface area (Å²) in [5, 5.41) is 17.5. The van der Waals surface area contributed by atoms with E-state index in [4.69, 9.17) is 4.99 Å². The molecule has 1 saturated heterocycles. The fourth-order valence-electron chi connectivity index (χ4n) is 3.21. The Hall–Kier alpha value is -1.43. The van der Waals surface area contributed by atoms with Crippen molar-refractivity contribution in [3.63, 3.8) is 0 Å². The molecule has 1 aromatic rings. The standard InChI is InChI=1S/C19H36N8O.HI/c1-3-9-21-18(28)14-26-12-7-17(8-13-26)25-19(20-4-2)22-10-5-6-11-27-15-23-24-16-27;/h15-17H,3-14H2,1-2H3,(H,21,28)(H2,20,22,25);1H. The first-order chi connectivity index (χ1) is 13.7. The number of halogens is 1. The van der Waals surface area contributed by atoms with Gasteiger partial charge in [-0.05, 0) is 39.0 Å². The molecule has 1 aliphatic rings. The largest absolute Gasteiger partial charge is 0.357 e. The van der Waals surface area contributed by atoms with Gasteiger partial charge in [-0.15, -0.1) is 34.2 Å². The number of hydrogen-bond acceptors (Lipinski definition) is 5. The van der Waals surface area contributed by atoms with E-state index in [1.807, 2.05) is 4.57 Å². The van der Waals surface area contributed by atoms with Gasteiger partial charge in [0.05, 0.1) is 6.54 Å². The minimum atomic E-state index is 0. The molecule has 29 heavy (non-hydrogen) atoms. The SMILES string of the molecule is CCCNC(=O)CN1CCC(NC(=NCCCCn2cnnc2)NCC)CC1.I. The van der Waals surface area contributed by atoms with Crippen LogP contribution in [0.15, 0.2) is 17.6 Å². The number of rotatable bonds is 11. The Morgan fingerprint density at radius 2 is 1.86 bits per heavy atom. The van der Waals surface area contributed by atoms with E-state index in [1.165, 1.54) is 0 Å². The molecule has 1 amide bonds. The molecule has 0 saturated carbocycles. The maximum atomic E-state index is 11.9. The number of likely N-dealkylation sites (tertiary alicyclic amines) is 1. The monoisotopic (exact) mass is 520 g/mol. The van der Waals surface area contributed by atoms with Crippen LogP contribution in [0.3, 0.4) is 0 Å². The molecule has 2 rings (SSSR count).